The van der Waals surface area contributed by atoms with E-state index >= 15 is 0 Å². The monoisotopic (exact) mass is 381 g/mol. The first-order valence-corrected chi connectivity index (χ1v) is 9.50. The number of hydrogen-bond donors (Lipinski definition) is 0. The van der Waals surface area contributed by atoms with E-state index in [1.165, 1.54) is 4.90 Å². The number of likely N-dealkylation sites (tertiary alicyclic amines) is 1. The van der Waals surface area contributed by atoms with Crippen LogP contribution in [0.4, 0.5) is 16.3 Å². The molecule has 8 nitrogen and oxygen atoms in total. The molecule has 146 valence electrons. The average Bonchev–Trinajstić information content (AvgIpc) is 3.34. The minimum absolute atomic E-state index is 0.187. The second-order valence-corrected chi connectivity index (χ2v) is 6.87. The van der Waals surface area contributed by atoms with Gasteiger partial charge in [-0.2, -0.15) is 0 Å². The van der Waals surface area contributed by atoms with Crippen molar-refractivity contribution in [1.82, 2.24) is 14.9 Å². The summed E-state index contributed by atoms with van der Waals surface area (Å²) in [7, 11) is 1.77. The predicted octanol–water partition coefficient (Wildman–Crippen LogP) is 2.54. The van der Waals surface area contributed by atoms with Crippen LogP contribution in [0, 0.1) is 0 Å². The summed E-state index contributed by atoms with van der Waals surface area (Å²) in [6, 6.07) is 7.33. The van der Waals surface area contributed by atoms with Gasteiger partial charge in [-0.3, -0.25) is 4.79 Å². The summed E-state index contributed by atoms with van der Waals surface area (Å²) >= 11 is 0. The highest BCUT2D eigenvalue weighted by molar-refractivity contribution is 6.02. The van der Waals surface area contributed by atoms with Crippen LogP contribution < -0.4 is 14.5 Å². The number of hydrogen-bond acceptors (Lipinski definition) is 6. The molecule has 2 amide bonds. The molecular weight excluding hydrogens is 358 g/mol. The molecule has 0 bridgehead atoms. The topological polar surface area (TPSA) is 78.9 Å². The number of urea groups is 1. The Morgan fingerprint density at radius 3 is 2.82 bits per heavy atom. The van der Waals surface area contributed by atoms with Crippen molar-refractivity contribution in [2.45, 2.75) is 25.9 Å². The zero-order valence-corrected chi connectivity index (χ0v) is 16.0. The van der Waals surface area contributed by atoms with Gasteiger partial charge in [0.05, 0.1) is 12.8 Å². The number of ether oxygens (including phenoxy) is 1. The smallest absolute Gasteiger partial charge is 0.327 e. The van der Waals surface area contributed by atoms with Crippen LogP contribution in [0.25, 0.3) is 11.4 Å². The van der Waals surface area contributed by atoms with Gasteiger partial charge in [0.2, 0.25) is 0 Å². The highest BCUT2D eigenvalue weighted by Gasteiger charge is 2.41. The molecule has 3 heterocycles. The van der Waals surface area contributed by atoms with E-state index in [1.807, 2.05) is 31.2 Å². The minimum atomic E-state index is -0.720. The standard InChI is InChI=1S/C20H23N5O3/c1-3-28-15-8-6-7-14(11-15)18-21-12-16-19(22-18)25(17(13-26)23(16)2)20(27)24-9-4-5-10-24/h6-8,11-13,17H,3-5,9-10H2,1-2H3. The lowest BCUT2D eigenvalue weighted by atomic mass is 10.2. The van der Waals surface area contributed by atoms with Crippen molar-refractivity contribution < 1.29 is 14.3 Å². The van der Waals surface area contributed by atoms with Crippen LogP contribution >= 0.6 is 0 Å². The third-order valence-electron chi connectivity index (χ3n) is 5.13. The second kappa shape index (κ2) is 7.46. The van der Waals surface area contributed by atoms with Crippen molar-refractivity contribution in [3.63, 3.8) is 0 Å². The molecule has 0 saturated carbocycles. The quantitative estimate of drug-likeness (QED) is 0.758. The Labute approximate surface area is 163 Å². The summed E-state index contributed by atoms with van der Waals surface area (Å²) in [5, 5.41) is 0. The third-order valence-corrected chi connectivity index (χ3v) is 5.13. The molecule has 1 aromatic carbocycles. The Morgan fingerprint density at radius 2 is 2.11 bits per heavy atom. The van der Waals surface area contributed by atoms with Crippen molar-refractivity contribution in [2.24, 2.45) is 0 Å². The predicted molar refractivity (Wildman–Crippen MR) is 106 cm³/mol. The minimum Gasteiger partial charge on any atom is -0.494 e. The molecule has 2 aliphatic heterocycles. The molecule has 0 spiro atoms. The highest BCUT2D eigenvalue weighted by atomic mass is 16.5. The van der Waals surface area contributed by atoms with E-state index in [-0.39, 0.29) is 6.03 Å². The van der Waals surface area contributed by atoms with Crippen LogP contribution in [-0.2, 0) is 4.79 Å². The van der Waals surface area contributed by atoms with Crippen LogP contribution in [0.15, 0.2) is 30.5 Å². The normalized spacial score (nSPS) is 18.4. The molecule has 4 rings (SSSR count). The summed E-state index contributed by atoms with van der Waals surface area (Å²) in [5.41, 5.74) is 1.45. The van der Waals surface area contributed by atoms with Crippen LogP contribution in [0.2, 0.25) is 0 Å². The Balaban J connectivity index is 1.74. The second-order valence-electron chi connectivity index (χ2n) is 6.87. The number of aromatic nitrogens is 2. The first-order chi connectivity index (χ1) is 13.6. The van der Waals surface area contributed by atoms with Gasteiger partial charge in [0.1, 0.15) is 11.4 Å². The van der Waals surface area contributed by atoms with Crippen molar-refractivity contribution in [3.05, 3.63) is 30.5 Å². The molecule has 1 fully saturated rings. The Kier molecular flexibility index (Phi) is 4.85. The number of fused-ring (bicyclic) bond motifs is 1. The van der Waals surface area contributed by atoms with Gasteiger partial charge in [-0.15, -0.1) is 0 Å². The average molecular weight is 381 g/mol. The molecule has 8 heteroatoms. The molecule has 1 saturated heterocycles. The molecule has 1 atom stereocenters. The van der Waals surface area contributed by atoms with Crippen LogP contribution in [0.5, 0.6) is 5.75 Å². The summed E-state index contributed by atoms with van der Waals surface area (Å²) in [4.78, 5) is 39.0. The fraction of sp³-hybridized carbons (Fsp3) is 0.400. The lowest BCUT2D eigenvalue weighted by Gasteiger charge is -2.28. The molecule has 1 unspecified atom stereocenters. The third kappa shape index (κ3) is 3.04. The van der Waals surface area contributed by atoms with E-state index in [9.17, 15) is 9.59 Å². The summed E-state index contributed by atoms with van der Waals surface area (Å²) in [6.07, 6.45) is 3.67. The summed E-state index contributed by atoms with van der Waals surface area (Å²) in [6.45, 7) is 3.90. The number of rotatable bonds is 4. The number of carbonyl (C=O) groups excluding carboxylic acids is 2. The SMILES string of the molecule is CCOc1cccc(-c2ncc3c(n2)N(C(=O)N2CCCC2)C(C=O)N3C)c1. The van der Waals surface area contributed by atoms with E-state index in [0.717, 1.165) is 30.4 Å². The molecule has 0 radical (unpaired) electrons. The van der Waals surface area contributed by atoms with Gasteiger partial charge < -0.3 is 14.5 Å². The molecular formula is C20H23N5O3. The highest BCUT2D eigenvalue weighted by Crippen LogP contribution is 2.38. The van der Waals surface area contributed by atoms with E-state index in [1.54, 1.807) is 23.0 Å². The van der Waals surface area contributed by atoms with Gasteiger partial charge in [0, 0.05) is 25.7 Å². The molecule has 2 aliphatic rings. The number of carbonyl (C=O) groups is 2. The molecule has 0 N–H and O–H groups in total. The van der Waals surface area contributed by atoms with Crippen molar-refractivity contribution >= 4 is 23.8 Å². The number of aldehydes is 1. The number of benzene rings is 1. The number of anilines is 2. The molecule has 28 heavy (non-hydrogen) atoms. The Bertz CT molecular complexity index is 897. The molecule has 1 aromatic heterocycles. The van der Waals surface area contributed by atoms with E-state index < -0.39 is 6.17 Å². The molecule has 2 aromatic rings. The zero-order chi connectivity index (χ0) is 19.7. The first-order valence-electron chi connectivity index (χ1n) is 9.50. The maximum absolute atomic E-state index is 13.1. The van der Waals surface area contributed by atoms with Gasteiger partial charge in [-0.1, -0.05) is 12.1 Å². The maximum Gasteiger partial charge on any atom is 0.327 e. The number of amides is 2. The van der Waals surface area contributed by atoms with Gasteiger partial charge in [-0.05, 0) is 31.9 Å². The van der Waals surface area contributed by atoms with Gasteiger partial charge in [0.15, 0.2) is 24.1 Å². The van der Waals surface area contributed by atoms with Crippen LogP contribution in [0.3, 0.4) is 0 Å². The lowest BCUT2D eigenvalue weighted by molar-refractivity contribution is -0.108. The number of likely N-dealkylation sites (N-methyl/N-ethyl adjacent to an activating group) is 1. The maximum atomic E-state index is 13.1. The van der Waals surface area contributed by atoms with Crippen molar-refractivity contribution in [1.29, 1.82) is 0 Å². The molecule has 0 aliphatic carbocycles. The Morgan fingerprint density at radius 1 is 1.32 bits per heavy atom. The van der Waals surface area contributed by atoms with E-state index in [0.29, 0.717) is 37.0 Å². The Hall–Kier alpha value is -3.16. The largest absolute Gasteiger partial charge is 0.494 e. The summed E-state index contributed by atoms with van der Waals surface area (Å²) < 4.78 is 5.56. The lowest BCUT2D eigenvalue weighted by Crippen LogP contribution is -2.51. The fourth-order valence-corrected chi connectivity index (χ4v) is 3.68. The zero-order valence-electron chi connectivity index (χ0n) is 16.0. The van der Waals surface area contributed by atoms with Gasteiger partial charge >= 0.3 is 6.03 Å². The fourth-order valence-electron chi connectivity index (χ4n) is 3.68. The van der Waals surface area contributed by atoms with E-state index in [4.69, 9.17) is 4.74 Å². The van der Waals surface area contributed by atoms with Gasteiger partial charge in [0.25, 0.3) is 0 Å². The van der Waals surface area contributed by atoms with Crippen molar-refractivity contribution in [3.8, 4) is 17.1 Å². The number of nitrogens with zero attached hydrogens (tertiary/aromatic N) is 5. The van der Waals surface area contributed by atoms with Crippen molar-refractivity contribution in [2.75, 3.05) is 36.5 Å². The first kappa shape index (κ1) is 18.2. The van der Waals surface area contributed by atoms with E-state index in [2.05, 4.69) is 9.97 Å². The van der Waals surface area contributed by atoms with Crippen LogP contribution in [-0.4, -0.2) is 60.1 Å². The van der Waals surface area contributed by atoms with Crippen LogP contribution in [0.1, 0.15) is 19.8 Å². The summed E-state index contributed by atoms with van der Waals surface area (Å²) in [5.74, 6) is 1.68. The van der Waals surface area contributed by atoms with Gasteiger partial charge in [-0.25, -0.2) is 19.7 Å².